The van der Waals surface area contributed by atoms with Gasteiger partial charge in [-0.2, -0.15) is 0 Å². The molecule has 1 fully saturated rings. The maximum absolute atomic E-state index is 3.78. The third-order valence-electron chi connectivity index (χ3n) is 1.52. The second kappa shape index (κ2) is 5.86. The largest absolute Gasteiger partial charge is 0.317 e. The van der Waals surface area contributed by atoms with Crippen LogP contribution in [0.4, 0.5) is 0 Å². The van der Waals surface area contributed by atoms with Gasteiger partial charge in [-0.3, -0.25) is 4.98 Å². The van der Waals surface area contributed by atoms with Crippen LogP contribution in [0.1, 0.15) is 12.8 Å². The van der Waals surface area contributed by atoms with E-state index in [1.165, 1.54) is 25.9 Å². The second-order valence-corrected chi connectivity index (χ2v) is 2.48. The van der Waals surface area contributed by atoms with Crippen LogP contribution in [0.2, 0.25) is 0 Å². The lowest BCUT2D eigenvalue weighted by Gasteiger charge is -1.76. The van der Waals surface area contributed by atoms with Crippen LogP contribution in [0.5, 0.6) is 0 Å². The highest BCUT2D eigenvalue weighted by atomic mass is 14.9. The lowest BCUT2D eigenvalue weighted by Crippen LogP contribution is -2.03. The molecule has 0 atom stereocenters. The van der Waals surface area contributed by atoms with Crippen LogP contribution in [-0.4, -0.2) is 18.1 Å². The monoisotopic (exact) mass is 150 g/mol. The number of hydrogen-bond acceptors (Lipinski definition) is 2. The summed E-state index contributed by atoms with van der Waals surface area (Å²) < 4.78 is 0. The van der Waals surface area contributed by atoms with Crippen molar-refractivity contribution in [3.8, 4) is 0 Å². The van der Waals surface area contributed by atoms with E-state index in [1.807, 2.05) is 18.2 Å². The van der Waals surface area contributed by atoms with Gasteiger partial charge in [0.25, 0.3) is 0 Å². The summed E-state index contributed by atoms with van der Waals surface area (Å²) in [5.74, 6) is 0. The van der Waals surface area contributed by atoms with Gasteiger partial charge >= 0.3 is 0 Å². The Kier molecular flexibility index (Phi) is 4.37. The first-order valence-corrected chi connectivity index (χ1v) is 4.06. The van der Waals surface area contributed by atoms with Crippen LogP contribution in [-0.2, 0) is 0 Å². The molecule has 0 radical (unpaired) electrons. The van der Waals surface area contributed by atoms with Gasteiger partial charge in [0.1, 0.15) is 0 Å². The number of hydrogen-bond donors (Lipinski definition) is 1. The number of pyridine rings is 1. The van der Waals surface area contributed by atoms with E-state index in [2.05, 4.69) is 10.3 Å². The highest BCUT2D eigenvalue weighted by Crippen LogP contribution is 1.90. The summed E-state index contributed by atoms with van der Waals surface area (Å²) in [4.78, 5) is 3.78. The molecule has 0 aliphatic carbocycles. The summed E-state index contributed by atoms with van der Waals surface area (Å²) in [7, 11) is 0. The fourth-order valence-corrected chi connectivity index (χ4v) is 0.938. The SMILES string of the molecule is C1CCNC1.c1ccncc1. The molecule has 11 heavy (non-hydrogen) atoms. The minimum Gasteiger partial charge on any atom is -0.317 e. The minimum absolute atomic E-state index is 1.25. The summed E-state index contributed by atoms with van der Waals surface area (Å²) >= 11 is 0. The van der Waals surface area contributed by atoms with Gasteiger partial charge in [-0.1, -0.05) is 6.07 Å². The molecule has 0 saturated carbocycles. The van der Waals surface area contributed by atoms with E-state index in [1.54, 1.807) is 12.4 Å². The van der Waals surface area contributed by atoms with Crippen molar-refractivity contribution in [3.05, 3.63) is 30.6 Å². The molecule has 2 heterocycles. The van der Waals surface area contributed by atoms with E-state index >= 15 is 0 Å². The summed E-state index contributed by atoms with van der Waals surface area (Å²) in [6, 6.07) is 5.72. The van der Waals surface area contributed by atoms with Crippen molar-refractivity contribution in [1.29, 1.82) is 0 Å². The van der Waals surface area contributed by atoms with Crippen LogP contribution in [0.25, 0.3) is 0 Å². The average Bonchev–Trinajstić information content (AvgIpc) is 2.64. The molecule has 1 aliphatic heterocycles. The average molecular weight is 150 g/mol. The molecular weight excluding hydrogens is 136 g/mol. The van der Waals surface area contributed by atoms with Gasteiger partial charge in [0, 0.05) is 12.4 Å². The molecule has 0 spiro atoms. The van der Waals surface area contributed by atoms with E-state index in [0.717, 1.165) is 0 Å². The smallest absolute Gasteiger partial charge is 0.0267 e. The van der Waals surface area contributed by atoms with E-state index in [0.29, 0.717) is 0 Å². The molecule has 2 heteroatoms. The summed E-state index contributed by atoms with van der Waals surface area (Å²) in [6.45, 7) is 2.50. The molecule has 0 bridgehead atoms. The Morgan fingerprint density at radius 3 is 1.73 bits per heavy atom. The Labute approximate surface area is 67.7 Å². The number of rotatable bonds is 0. The molecule has 1 N–H and O–H groups in total. The van der Waals surface area contributed by atoms with Gasteiger partial charge in [0.05, 0.1) is 0 Å². The Morgan fingerprint density at radius 2 is 1.55 bits per heavy atom. The number of nitrogens with one attached hydrogen (secondary N) is 1. The first-order chi connectivity index (χ1) is 5.50. The van der Waals surface area contributed by atoms with Crippen molar-refractivity contribution in [2.24, 2.45) is 0 Å². The predicted octanol–water partition coefficient (Wildman–Crippen LogP) is 1.45. The summed E-state index contributed by atoms with van der Waals surface area (Å²) in [6.07, 6.45) is 6.28. The first kappa shape index (κ1) is 8.21. The molecule has 1 saturated heterocycles. The van der Waals surface area contributed by atoms with Crippen LogP contribution >= 0.6 is 0 Å². The maximum atomic E-state index is 3.78. The van der Waals surface area contributed by atoms with Crippen molar-refractivity contribution in [1.82, 2.24) is 10.3 Å². The first-order valence-electron chi connectivity index (χ1n) is 4.06. The number of nitrogens with zero attached hydrogens (tertiary/aromatic N) is 1. The summed E-state index contributed by atoms with van der Waals surface area (Å²) in [5, 5.41) is 3.22. The van der Waals surface area contributed by atoms with Gasteiger partial charge in [0.2, 0.25) is 0 Å². The molecule has 2 rings (SSSR count). The molecule has 1 aromatic rings. The van der Waals surface area contributed by atoms with Gasteiger partial charge < -0.3 is 5.32 Å². The van der Waals surface area contributed by atoms with E-state index in [9.17, 15) is 0 Å². The molecular formula is C9H14N2. The van der Waals surface area contributed by atoms with Gasteiger partial charge in [0.15, 0.2) is 0 Å². The van der Waals surface area contributed by atoms with E-state index in [4.69, 9.17) is 0 Å². The lowest BCUT2D eigenvalue weighted by atomic mass is 10.4. The zero-order chi connectivity index (χ0) is 7.78. The topological polar surface area (TPSA) is 24.9 Å². The fraction of sp³-hybridized carbons (Fsp3) is 0.444. The minimum atomic E-state index is 1.25. The molecule has 0 amide bonds. The van der Waals surface area contributed by atoms with Gasteiger partial charge in [-0.05, 0) is 38.1 Å². The lowest BCUT2D eigenvalue weighted by molar-refractivity contribution is 0.857. The standard InChI is InChI=1S/C5H5N.C4H9N/c1-2-4-6-5-3-1;1-2-4-5-3-1/h1-5H;5H,1-4H2. The third kappa shape index (κ3) is 4.51. The quantitative estimate of drug-likeness (QED) is 0.605. The Hall–Kier alpha value is -0.890. The Balaban J connectivity index is 0.000000112. The predicted molar refractivity (Wildman–Crippen MR) is 46.3 cm³/mol. The molecule has 60 valence electrons. The molecule has 1 aromatic heterocycles. The molecule has 0 aromatic carbocycles. The van der Waals surface area contributed by atoms with Crippen molar-refractivity contribution >= 4 is 0 Å². The van der Waals surface area contributed by atoms with Crippen LogP contribution < -0.4 is 5.32 Å². The van der Waals surface area contributed by atoms with E-state index in [-0.39, 0.29) is 0 Å². The molecule has 1 aliphatic rings. The van der Waals surface area contributed by atoms with E-state index < -0.39 is 0 Å². The van der Waals surface area contributed by atoms with Crippen LogP contribution in [0.15, 0.2) is 30.6 Å². The summed E-state index contributed by atoms with van der Waals surface area (Å²) in [5.41, 5.74) is 0. The highest BCUT2D eigenvalue weighted by Gasteiger charge is 1.93. The van der Waals surface area contributed by atoms with Crippen LogP contribution in [0, 0.1) is 0 Å². The Morgan fingerprint density at radius 1 is 0.909 bits per heavy atom. The van der Waals surface area contributed by atoms with Gasteiger partial charge in [-0.15, -0.1) is 0 Å². The van der Waals surface area contributed by atoms with Gasteiger partial charge in [-0.25, -0.2) is 0 Å². The van der Waals surface area contributed by atoms with Crippen molar-refractivity contribution in [2.75, 3.05) is 13.1 Å². The molecule has 0 unspecified atom stereocenters. The fourth-order valence-electron chi connectivity index (χ4n) is 0.938. The molecule has 2 nitrogen and oxygen atoms in total. The third-order valence-corrected chi connectivity index (χ3v) is 1.52. The highest BCUT2D eigenvalue weighted by molar-refractivity contribution is 4.88. The van der Waals surface area contributed by atoms with Crippen molar-refractivity contribution < 1.29 is 0 Å². The Bertz CT molecular complexity index is 124. The van der Waals surface area contributed by atoms with Crippen LogP contribution in [0.3, 0.4) is 0 Å². The zero-order valence-electron chi connectivity index (χ0n) is 6.66. The maximum Gasteiger partial charge on any atom is 0.0267 e. The normalized spacial score (nSPS) is 15.3. The van der Waals surface area contributed by atoms with Crippen molar-refractivity contribution in [3.63, 3.8) is 0 Å². The second-order valence-electron chi connectivity index (χ2n) is 2.48. The zero-order valence-corrected chi connectivity index (χ0v) is 6.66. The number of aromatic nitrogens is 1. The van der Waals surface area contributed by atoms with Crippen molar-refractivity contribution in [2.45, 2.75) is 12.8 Å².